The van der Waals surface area contributed by atoms with E-state index >= 15 is 0 Å². The maximum atomic E-state index is 5.82. The first-order valence-corrected chi connectivity index (χ1v) is 7.55. The van der Waals surface area contributed by atoms with Crippen LogP contribution in [0.15, 0.2) is 54.6 Å². The largest absolute Gasteiger partial charge is 0.493 e. The lowest BCUT2D eigenvalue weighted by molar-refractivity contribution is 0.297. The van der Waals surface area contributed by atoms with Crippen LogP contribution in [0.4, 0.5) is 0 Å². The summed E-state index contributed by atoms with van der Waals surface area (Å²) in [7, 11) is 0. The molecule has 0 aliphatic rings. The Morgan fingerprint density at radius 2 is 1.67 bits per heavy atom. The summed E-state index contributed by atoms with van der Waals surface area (Å²) < 4.78 is 7.03. The maximum absolute atomic E-state index is 5.82. The first kappa shape index (κ1) is 13.7. The van der Waals surface area contributed by atoms with E-state index in [1.54, 1.807) is 0 Å². The monoisotopic (exact) mass is 370 g/mol. The van der Waals surface area contributed by atoms with Crippen molar-refractivity contribution in [2.24, 2.45) is 0 Å². The minimum absolute atomic E-state index is 0.328. The lowest BCUT2D eigenvalue weighted by atomic mass is 10.0. The Kier molecular flexibility index (Phi) is 5.38. The van der Waals surface area contributed by atoms with Crippen molar-refractivity contribution in [3.8, 4) is 5.75 Å². The molecule has 1 unspecified atom stereocenters. The standard InChI is InChI=1S/C15H15IOS/c16-14-6-8-15(9-7-14)17-10-13(11-18)12-4-2-1-3-5-12/h1-9,13,18H,10-11H2. The highest BCUT2D eigenvalue weighted by Gasteiger charge is 2.10. The van der Waals surface area contributed by atoms with Gasteiger partial charge in [0.2, 0.25) is 0 Å². The fourth-order valence-corrected chi connectivity index (χ4v) is 2.38. The van der Waals surface area contributed by atoms with E-state index in [1.807, 2.05) is 30.3 Å². The minimum atomic E-state index is 0.328. The first-order chi connectivity index (χ1) is 8.79. The normalized spacial score (nSPS) is 12.1. The third-order valence-corrected chi connectivity index (χ3v) is 3.92. The molecule has 0 heterocycles. The molecule has 0 aliphatic heterocycles. The summed E-state index contributed by atoms with van der Waals surface area (Å²) >= 11 is 6.70. The van der Waals surface area contributed by atoms with Crippen LogP contribution in [0.25, 0.3) is 0 Å². The number of thiol groups is 1. The van der Waals surface area contributed by atoms with E-state index in [0.29, 0.717) is 12.5 Å². The Labute approximate surface area is 127 Å². The molecule has 1 nitrogen and oxygen atoms in total. The van der Waals surface area contributed by atoms with Crippen LogP contribution in [-0.2, 0) is 0 Å². The lowest BCUT2D eigenvalue weighted by Gasteiger charge is -2.16. The molecule has 0 spiro atoms. The van der Waals surface area contributed by atoms with Crippen molar-refractivity contribution in [3.63, 3.8) is 0 Å². The van der Waals surface area contributed by atoms with Gasteiger partial charge in [0.05, 0.1) is 6.61 Å². The molecular weight excluding hydrogens is 355 g/mol. The van der Waals surface area contributed by atoms with Gasteiger partial charge < -0.3 is 4.74 Å². The maximum Gasteiger partial charge on any atom is 0.119 e. The molecule has 0 aromatic heterocycles. The molecule has 0 saturated carbocycles. The van der Waals surface area contributed by atoms with E-state index < -0.39 is 0 Å². The number of rotatable bonds is 5. The van der Waals surface area contributed by atoms with Gasteiger partial charge in [-0.2, -0.15) is 12.6 Å². The van der Waals surface area contributed by atoms with E-state index in [1.165, 1.54) is 9.13 Å². The van der Waals surface area contributed by atoms with Crippen LogP contribution in [0, 0.1) is 3.57 Å². The topological polar surface area (TPSA) is 9.23 Å². The lowest BCUT2D eigenvalue weighted by Crippen LogP contribution is -2.11. The summed E-state index contributed by atoms with van der Waals surface area (Å²) in [6.07, 6.45) is 0. The second-order valence-electron chi connectivity index (χ2n) is 4.06. The number of halogens is 1. The third-order valence-electron chi connectivity index (χ3n) is 2.76. The molecule has 2 rings (SSSR count). The van der Waals surface area contributed by atoms with Gasteiger partial charge >= 0.3 is 0 Å². The fraction of sp³-hybridized carbons (Fsp3) is 0.200. The van der Waals surface area contributed by atoms with Gasteiger partial charge in [0.25, 0.3) is 0 Å². The van der Waals surface area contributed by atoms with Crippen molar-refractivity contribution in [2.75, 3.05) is 12.4 Å². The highest BCUT2D eigenvalue weighted by atomic mass is 127. The molecule has 0 amide bonds. The number of benzene rings is 2. The zero-order valence-electron chi connectivity index (χ0n) is 9.92. The number of hydrogen-bond donors (Lipinski definition) is 1. The van der Waals surface area contributed by atoms with Gasteiger partial charge in [-0.05, 0) is 52.4 Å². The van der Waals surface area contributed by atoms with E-state index in [9.17, 15) is 0 Å². The highest BCUT2D eigenvalue weighted by molar-refractivity contribution is 14.1. The Hall–Kier alpha value is -0.680. The van der Waals surface area contributed by atoms with Gasteiger partial charge in [-0.15, -0.1) is 0 Å². The van der Waals surface area contributed by atoms with E-state index in [0.717, 1.165) is 11.5 Å². The molecule has 94 valence electrons. The second kappa shape index (κ2) is 7.04. The van der Waals surface area contributed by atoms with Crippen molar-refractivity contribution in [1.29, 1.82) is 0 Å². The van der Waals surface area contributed by atoms with Crippen molar-refractivity contribution in [1.82, 2.24) is 0 Å². The molecule has 3 heteroatoms. The second-order valence-corrected chi connectivity index (χ2v) is 5.67. The molecule has 0 bridgehead atoms. The van der Waals surface area contributed by atoms with E-state index in [-0.39, 0.29) is 0 Å². The summed E-state index contributed by atoms with van der Waals surface area (Å²) in [4.78, 5) is 0. The van der Waals surface area contributed by atoms with Gasteiger partial charge in [0.1, 0.15) is 5.75 Å². The van der Waals surface area contributed by atoms with Gasteiger partial charge in [-0.3, -0.25) is 0 Å². The Morgan fingerprint density at radius 1 is 1.00 bits per heavy atom. The van der Waals surface area contributed by atoms with Crippen LogP contribution in [-0.4, -0.2) is 12.4 Å². The average Bonchev–Trinajstić information content (AvgIpc) is 2.43. The Morgan fingerprint density at radius 3 is 2.28 bits per heavy atom. The van der Waals surface area contributed by atoms with Crippen molar-refractivity contribution < 1.29 is 4.74 Å². The molecule has 18 heavy (non-hydrogen) atoms. The molecule has 2 aromatic carbocycles. The molecule has 0 fully saturated rings. The van der Waals surface area contributed by atoms with Crippen LogP contribution in [0.3, 0.4) is 0 Å². The summed E-state index contributed by atoms with van der Waals surface area (Å²) in [5, 5.41) is 0. The first-order valence-electron chi connectivity index (χ1n) is 5.84. The summed E-state index contributed by atoms with van der Waals surface area (Å²) in [5.41, 5.74) is 1.28. The zero-order valence-corrected chi connectivity index (χ0v) is 13.0. The fourth-order valence-electron chi connectivity index (χ4n) is 1.71. The quantitative estimate of drug-likeness (QED) is 0.607. The van der Waals surface area contributed by atoms with Crippen molar-refractivity contribution in [2.45, 2.75) is 5.92 Å². The number of ether oxygens (including phenoxy) is 1. The van der Waals surface area contributed by atoms with Crippen LogP contribution in [0.2, 0.25) is 0 Å². The third kappa shape index (κ3) is 3.92. The molecule has 0 aliphatic carbocycles. The molecule has 0 radical (unpaired) electrons. The van der Waals surface area contributed by atoms with E-state index in [2.05, 4.69) is 59.5 Å². The Bertz CT molecular complexity index is 470. The van der Waals surface area contributed by atoms with Gasteiger partial charge in [0, 0.05) is 15.2 Å². The van der Waals surface area contributed by atoms with Crippen molar-refractivity contribution >= 4 is 35.2 Å². The summed E-state index contributed by atoms with van der Waals surface area (Å²) in [6, 6.07) is 18.5. The summed E-state index contributed by atoms with van der Waals surface area (Å²) in [6.45, 7) is 0.661. The molecule has 0 saturated heterocycles. The highest BCUT2D eigenvalue weighted by Crippen LogP contribution is 2.20. The van der Waals surface area contributed by atoms with Gasteiger partial charge in [-0.1, -0.05) is 30.3 Å². The Balaban J connectivity index is 1.97. The van der Waals surface area contributed by atoms with Crippen molar-refractivity contribution in [3.05, 3.63) is 63.7 Å². The average molecular weight is 370 g/mol. The van der Waals surface area contributed by atoms with Crippen LogP contribution < -0.4 is 4.74 Å². The predicted molar refractivity (Wildman–Crippen MR) is 87.7 cm³/mol. The molecular formula is C15H15IOS. The molecule has 0 N–H and O–H groups in total. The van der Waals surface area contributed by atoms with Gasteiger partial charge in [0.15, 0.2) is 0 Å². The zero-order chi connectivity index (χ0) is 12.8. The summed E-state index contributed by atoms with van der Waals surface area (Å²) in [5.74, 6) is 2.03. The smallest absolute Gasteiger partial charge is 0.119 e. The number of hydrogen-bond acceptors (Lipinski definition) is 2. The van der Waals surface area contributed by atoms with Crippen LogP contribution in [0.5, 0.6) is 5.75 Å². The SMILES string of the molecule is SCC(COc1ccc(I)cc1)c1ccccc1. The van der Waals surface area contributed by atoms with Gasteiger partial charge in [-0.25, -0.2) is 0 Å². The molecule has 1 atom stereocenters. The van der Waals surface area contributed by atoms with Crippen LogP contribution in [0.1, 0.15) is 11.5 Å². The predicted octanol–water partition coefficient (Wildman–Crippen LogP) is 4.38. The molecule has 2 aromatic rings. The van der Waals surface area contributed by atoms with E-state index in [4.69, 9.17) is 4.74 Å². The van der Waals surface area contributed by atoms with Crippen LogP contribution >= 0.6 is 35.2 Å². The minimum Gasteiger partial charge on any atom is -0.493 e.